The van der Waals surface area contributed by atoms with Crippen LogP contribution in [-0.2, 0) is 14.2 Å². The molecular weight excluding hydrogens is 192 g/mol. The molecule has 1 aliphatic rings. The molecule has 0 aromatic heterocycles. The molecule has 3 N–H and O–H groups in total. The van der Waals surface area contributed by atoms with E-state index in [1.165, 1.54) is 14.2 Å². The van der Waals surface area contributed by atoms with Crippen LogP contribution < -0.4 is 0 Å². The molecular formula is C8H16O6. The lowest BCUT2D eigenvalue weighted by atomic mass is 9.99. The summed E-state index contributed by atoms with van der Waals surface area (Å²) in [7, 11) is 2.75. The monoisotopic (exact) mass is 208 g/mol. The Kier molecular flexibility index (Phi) is 4.24. The third kappa shape index (κ3) is 2.05. The molecule has 0 bridgehead atoms. The molecule has 1 fully saturated rings. The van der Waals surface area contributed by atoms with E-state index in [-0.39, 0.29) is 6.61 Å². The van der Waals surface area contributed by atoms with Gasteiger partial charge in [0.05, 0.1) is 6.61 Å². The summed E-state index contributed by atoms with van der Waals surface area (Å²) < 4.78 is 14.8. The van der Waals surface area contributed by atoms with E-state index in [4.69, 9.17) is 19.3 Å². The van der Waals surface area contributed by atoms with Gasteiger partial charge < -0.3 is 29.5 Å². The highest BCUT2D eigenvalue weighted by Crippen LogP contribution is 2.23. The summed E-state index contributed by atoms with van der Waals surface area (Å²) in [6.07, 6.45) is -4.57. The van der Waals surface area contributed by atoms with Crippen molar-refractivity contribution in [3.63, 3.8) is 0 Å². The van der Waals surface area contributed by atoms with Crippen molar-refractivity contribution in [3.8, 4) is 0 Å². The largest absolute Gasteiger partial charge is 0.394 e. The summed E-state index contributed by atoms with van der Waals surface area (Å²) in [6.45, 7) is -0.330. The maximum Gasteiger partial charge on any atom is 0.184 e. The summed E-state index contributed by atoms with van der Waals surface area (Å²) in [5.41, 5.74) is 0. The highest BCUT2D eigenvalue weighted by molar-refractivity contribution is 4.90. The predicted octanol–water partition coefficient (Wildman–Crippen LogP) is -1.91. The van der Waals surface area contributed by atoms with Gasteiger partial charge in [0, 0.05) is 14.2 Å². The van der Waals surface area contributed by atoms with E-state index in [1.54, 1.807) is 0 Å². The van der Waals surface area contributed by atoms with Crippen molar-refractivity contribution >= 4 is 0 Å². The van der Waals surface area contributed by atoms with Crippen molar-refractivity contribution in [2.45, 2.75) is 30.7 Å². The third-order valence-electron chi connectivity index (χ3n) is 2.36. The summed E-state index contributed by atoms with van der Waals surface area (Å²) in [4.78, 5) is 0. The van der Waals surface area contributed by atoms with Crippen molar-refractivity contribution in [1.82, 2.24) is 0 Å². The average molecular weight is 208 g/mol. The fraction of sp³-hybridized carbons (Fsp3) is 1.00. The first-order chi connectivity index (χ1) is 6.65. The maximum absolute atomic E-state index is 9.70. The van der Waals surface area contributed by atoms with Crippen LogP contribution in [0.3, 0.4) is 0 Å². The molecule has 1 rings (SSSR count). The summed E-state index contributed by atoms with van der Waals surface area (Å²) in [5.74, 6) is 0. The van der Waals surface area contributed by atoms with E-state index < -0.39 is 30.7 Å². The van der Waals surface area contributed by atoms with Crippen LogP contribution in [0.2, 0.25) is 0 Å². The Morgan fingerprint density at radius 3 is 2.14 bits per heavy atom. The summed E-state index contributed by atoms with van der Waals surface area (Å²) in [6, 6.07) is 0. The predicted molar refractivity (Wildman–Crippen MR) is 45.6 cm³/mol. The van der Waals surface area contributed by atoms with Crippen LogP contribution in [0.4, 0.5) is 0 Å². The first-order valence-electron chi connectivity index (χ1n) is 4.33. The van der Waals surface area contributed by atoms with Crippen molar-refractivity contribution in [1.29, 1.82) is 0 Å². The number of rotatable bonds is 3. The number of ether oxygens (including phenoxy) is 3. The average Bonchev–Trinajstić information content (AvgIpc) is 2.17. The Balaban J connectivity index is 2.72. The summed E-state index contributed by atoms with van der Waals surface area (Å²) >= 11 is 0. The molecule has 84 valence electrons. The van der Waals surface area contributed by atoms with Gasteiger partial charge in [0.25, 0.3) is 0 Å². The fourth-order valence-corrected chi connectivity index (χ4v) is 1.60. The van der Waals surface area contributed by atoms with Gasteiger partial charge in [-0.2, -0.15) is 0 Å². The molecule has 1 saturated heterocycles. The van der Waals surface area contributed by atoms with Crippen LogP contribution in [0.15, 0.2) is 0 Å². The van der Waals surface area contributed by atoms with E-state index in [0.29, 0.717) is 0 Å². The fourth-order valence-electron chi connectivity index (χ4n) is 1.60. The van der Waals surface area contributed by atoms with E-state index >= 15 is 0 Å². The molecule has 1 heterocycles. The van der Waals surface area contributed by atoms with Crippen LogP contribution in [0.5, 0.6) is 0 Å². The number of aliphatic hydroxyl groups excluding tert-OH is 3. The van der Waals surface area contributed by atoms with Gasteiger partial charge in [0.1, 0.15) is 24.4 Å². The lowest BCUT2D eigenvalue weighted by Crippen LogP contribution is -2.59. The molecule has 0 amide bonds. The second-order valence-electron chi connectivity index (χ2n) is 3.14. The van der Waals surface area contributed by atoms with E-state index in [2.05, 4.69) is 0 Å². The molecule has 0 aromatic rings. The topological polar surface area (TPSA) is 88.4 Å². The molecule has 6 heteroatoms. The Morgan fingerprint density at radius 1 is 1.14 bits per heavy atom. The number of hydrogen-bond acceptors (Lipinski definition) is 6. The molecule has 1 unspecified atom stereocenters. The highest BCUT2D eigenvalue weighted by Gasteiger charge is 2.44. The van der Waals surface area contributed by atoms with Crippen LogP contribution in [0, 0.1) is 0 Å². The van der Waals surface area contributed by atoms with Crippen molar-refractivity contribution in [2.24, 2.45) is 0 Å². The lowest BCUT2D eigenvalue weighted by molar-refractivity contribution is -0.295. The van der Waals surface area contributed by atoms with Crippen molar-refractivity contribution in [3.05, 3.63) is 0 Å². The normalized spacial score (nSPS) is 43.9. The van der Waals surface area contributed by atoms with E-state index in [0.717, 1.165) is 0 Å². The Hall–Kier alpha value is -0.240. The van der Waals surface area contributed by atoms with Gasteiger partial charge in [0.15, 0.2) is 6.29 Å². The van der Waals surface area contributed by atoms with Crippen LogP contribution >= 0.6 is 0 Å². The zero-order chi connectivity index (χ0) is 10.7. The van der Waals surface area contributed by atoms with Gasteiger partial charge in [-0.3, -0.25) is 0 Å². The molecule has 0 radical (unpaired) electrons. The van der Waals surface area contributed by atoms with E-state index in [9.17, 15) is 10.2 Å². The SMILES string of the molecule is CO[C@@H]1[C@H](O)[C@@H](OC)C(O)O[C@@H]1CO. The first-order valence-corrected chi connectivity index (χ1v) is 4.33. The molecule has 6 nitrogen and oxygen atoms in total. The molecule has 0 spiro atoms. The van der Waals surface area contributed by atoms with E-state index in [1.807, 2.05) is 0 Å². The molecule has 0 aromatic carbocycles. The van der Waals surface area contributed by atoms with Gasteiger partial charge in [-0.15, -0.1) is 0 Å². The van der Waals surface area contributed by atoms with Gasteiger partial charge in [-0.1, -0.05) is 0 Å². The third-order valence-corrected chi connectivity index (χ3v) is 2.36. The highest BCUT2D eigenvalue weighted by atomic mass is 16.7. The lowest BCUT2D eigenvalue weighted by Gasteiger charge is -2.40. The second-order valence-corrected chi connectivity index (χ2v) is 3.14. The number of aliphatic hydroxyl groups is 3. The zero-order valence-corrected chi connectivity index (χ0v) is 8.16. The minimum Gasteiger partial charge on any atom is -0.394 e. The summed E-state index contributed by atoms with van der Waals surface area (Å²) in [5, 5.41) is 28.0. The molecule has 0 saturated carbocycles. The van der Waals surface area contributed by atoms with Crippen molar-refractivity contribution in [2.75, 3.05) is 20.8 Å². The van der Waals surface area contributed by atoms with Crippen LogP contribution in [-0.4, -0.2) is 66.9 Å². The number of methoxy groups -OCH3 is 2. The van der Waals surface area contributed by atoms with Crippen LogP contribution in [0.1, 0.15) is 0 Å². The van der Waals surface area contributed by atoms with Gasteiger partial charge in [-0.25, -0.2) is 0 Å². The smallest absolute Gasteiger partial charge is 0.184 e. The molecule has 5 atom stereocenters. The zero-order valence-electron chi connectivity index (χ0n) is 8.16. The Morgan fingerprint density at radius 2 is 1.71 bits per heavy atom. The quantitative estimate of drug-likeness (QED) is 0.501. The minimum absolute atomic E-state index is 0.330. The van der Waals surface area contributed by atoms with Gasteiger partial charge in [-0.05, 0) is 0 Å². The molecule has 14 heavy (non-hydrogen) atoms. The maximum atomic E-state index is 9.70. The van der Waals surface area contributed by atoms with Gasteiger partial charge in [0.2, 0.25) is 0 Å². The van der Waals surface area contributed by atoms with Crippen molar-refractivity contribution < 1.29 is 29.5 Å². The van der Waals surface area contributed by atoms with Crippen LogP contribution in [0.25, 0.3) is 0 Å². The number of hydrogen-bond donors (Lipinski definition) is 3. The molecule has 0 aliphatic carbocycles. The first kappa shape index (κ1) is 11.8. The van der Waals surface area contributed by atoms with Gasteiger partial charge >= 0.3 is 0 Å². The second kappa shape index (κ2) is 5.01. The standard InChI is InChI=1S/C8H16O6/c1-12-6-4(3-9)14-8(11)7(13-2)5(6)10/h4-11H,3H2,1-2H3/t4-,5+,6+,7-,8?/m1/s1. The molecule has 1 aliphatic heterocycles. The minimum atomic E-state index is -1.25. The Bertz CT molecular complexity index is 175. The Labute approximate surface area is 82.0 Å².